The minimum absolute atomic E-state index is 0.0328. The monoisotopic (exact) mass is 330 g/mol. The summed E-state index contributed by atoms with van der Waals surface area (Å²) in [7, 11) is 0. The van der Waals surface area contributed by atoms with E-state index in [-0.39, 0.29) is 17.7 Å². The molecule has 0 aromatic heterocycles. The van der Waals surface area contributed by atoms with Crippen LogP contribution >= 0.6 is 0 Å². The Hall–Kier alpha value is -2.37. The van der Waals surface area contributed by atoms with Crippen molar-refractivity contribution in [2.75, 3.05) is 18.4 Å². The van der Waals surface area contributed by atoms with E-state index in [0.717, 1.165) is 25.9 Å². The number of anilines is 1. The molecule has 128 valence electrons. The van der Waals surface area contributed by atoms with Crippen molar-refractivity contribution in [2.45, 2.75) is 32.1 Å². The third kappa shape index (κ3) is 3.58. The molecule has 0 bridgehead atoms. The molecule has 1 aliphatic heterocycles. The lowest BCUT2D eigenvalue weighted by molar-refractivity contribution is -0.141. The fourth-order valence-electron chi connectivity index (χ4n) is 3.49. The average molecular weight is 330 g/mol. The van der Waals surface area contributed by atoms with Crippen LogP contribution in [0, 0.1) is 11.8 Å². The van der Waals surface area contributed by atoms with Crippen molar-refractivity contribution in [1.82, 2.24) is 4.90 Å². The predicted octanol–water partition coefficient (Wildman–Crippen LogP) is 2.36. The first-order valence-corrected chi connectivity index (χ1v) is 8.47. The Balaban J connectivity index is 1.57. The van der Waals surface area contributed by atoms with Gasteiger partial charge in [-0.1, -0.05) is 0 Å². The molecular weight excluding hydrogens is 308 g/mol. The van der Waals surface area contributed by atoms with Crippen molar-refractivity contribution in [2.24, 2.45) is 11.8 Å². The second-order valence-corrected chi connectivity index (χ2v) is 6.61. The maximum absolute atomic E-state index is 12.3. The van der Waals surface area contributed by atoms with Crippen molar-refractivity contribution in [3.63, 3.8) is 0 Å². The Bertz CT molecular complexity index is 635. The van der Waals surface area contributed by atoms with Crippen LogP contribution in [0.4, 0.5) is 5.69 Å². The zero-order valence-electron chi connectivity index (χ0n) is 13.5. The van der Waals surface area contributed by atoms with Crippen LogP contribution < -0.4 is 5.32 Å². The van der Waals surface area contributed by atoms with Gasteiger partial charge in [0, 0.05) is 30.3 Å². The Morgan fingerprint density at radius 3 is 2.21 bits per heavy atom. The van der Waals surface area contributed by atoms with Gasteiger partial charge in [-0.15, -0.1) is 0 Å². The van der Waals surface area contributed by atoms with Gasteiger partial charge in [0.1, 0.15) is 0 Å². The molecule has 0 spiro atoms. The van der Waals surface area contributed by atoms with Crippen LogP contribution in [0.1, 0.15) is 42.5 Å². The summed E-state index contributed by atoms with van der Waals surface area (Å²) in [5.74, 6) is -1.60. The average Bonchev–Trinajstić information content (AvgIpc) is 3.26. The maximum Gasteiger partial charge on any atom is 0.306 e. The van der Waals surface area contributed by atoms with E-state index in [4.69, 9.17) is 5.11 Å². The molecular formula is C18H22N2O4. The SMILES string of the molecule is O=C(O)[C@@H]1CC[C@H](C(=O)Nc2ccc(C(=O)N3CCCC3)cc2)C1. The fraction of sp³-hybridized carbons (Fsp3) is 0.500. The van der Waals surface area contributed by atoms with Gasteiger partial charge in [0.2, 0.25) is 5.91 Å². The van der Waals surface area contributed by atoms with Gasteiger partial charge in [0.15, 0.2) is 0 Å². The van der Waals surface area contributed by atoms with Crippen molar-refractivity contribution in [3.8, 4) is 0 Å². The minimum atomic E-state index is -0.824. The summed E-state index contributed by atoms with van der Waals surface area (Å²) in [6, 6.07) is 6.91. The van der Waals surface area contributed by atoms with Crippen LogP contribution in [0.25, 0.3) is 0 Å². The Morgan fingerprint density at radius 2 is 1.62 bits per heavy atom. The molecule has 1 heterocycles. The highest BCUT2D eigenvalue weighted by molar-refractivity contribution is 5.96. The third-order valence-corrected chi connectivity index (χ3v) is 4.95. The van der Waals surface area contributed by atoms with Gasteiger partial charge in [-0.05, 0) is 56.4 Å². The first kappa shape index (κ1) is 16.5. The largest absolute Gasteiger partial charge is 0.481 e. The molecule has 2 amide bonds. The number of carbonyl (C=O) groups excluding carboxylic acids is 2. The van der Waals surface area contributed by atoms with E-state index < -0.39 is 11.9 Å². The van der Waals surface area contributed by atoms with Crippen molar-refractivity contribution in [3.05, 3.63) is 29.8 Å². The van der Waals surface area contributed by atoms with E-state index in [0.29, 0.717) is 30.5 Å². The number of carboxylic acid groups (broad SMARTS) is 1. The number of nitrogens with zero attached hydrogens (tertiary/aromatic N) is 1. The highest BCUT2D eigenvalue weighted by Crippen LogP contribution is 2.32. The van der Waals surface area contributed by atoms with Crippen LogP contribution in [0.15, 0.2) is 24.3 Å². The fourth-order valence-corrected chi connectivity index (χ4v) is 3.49. The Morgan fingerprint density at radius 1 is 1.00 bits per heavy atom. The molecule has 0 radical (unpaired) electrons. The number of carbonyl (C=O) groups is 3. The zero-order chi connectivity index (χ0) is 17.1. The number of nitrogens with one attached hydrogen (secondary N) is 1. The molecule has 2 atom stereocenters. The van der Waals surface area contributed by atoms with E-state index in [1.54, 1.807) is 24.3 Å². The third-order valence-electron chi connectivity index (χ3n) is 4.95. The van der Waals surface area contributed by atoms with Crippen molar-refractivity contribution in [1.29, 1.82) is 0 Å². The van der Waals surface area contributed by atoms with E-state index in [2.05, 4.69) is 5.32 Å². The van der Waals surface area contributed by atoms with Crippen LogP contribution in [0.2, 0.25) is 0 Å². The Labute approximate surface area is 140 Å². The highest BCUT2D eigenvalue weighted by atomic mass is 16.4. The van der Waals surface area contributed by atoms with Crippen LogP contribution in [0.3, 0.4) is 0 Å². The second kappa shape index (κ2) is 7.03. The number of rotatable bonds is 4. The van der Waals surface area contributed by atoms with Crippen LogP contribution in [-0.4, -0.2) is 40.9 Å². The smallest absolute Gasteiger partial charge is 0.306 e. The summed E-state index contributed by atoms with van der Waals surface area (Å²) in [6.07, 6.45) is 3.66. The number of benzene rings is 1. The number of aliphatic carboxylic acids is 1. The van der Waals surface area contributed by atoms with Gasteiger partial charge >= 0.3 is 5.97 Å². The maximum atomic E-state index is 12.3. The van der Waals surface area contributed by atoms with Crippen LogP contribution in [-0.2, 0) is 9.59 Å². The summed E-state index contributed by atoms with van der Waals surface area (Å²) in [5, 5.41) is 11.8. The first-order valence-electron chi connectivity index (χ1n) is 8.47. The second-order valence-electron chi connectivity index (χ2n) is 6.61. The molecule has 2 N–H and O–H groups in total. The normalized spacial score (nSPS) is 23.2. The summed E-state index contributed by atoms with van der Waals surface area (Å²) in [5.41, 5.74) is 1.26. The topological polar surface area (TPSA) is 86.7 Å². The van der Waals surface area contributed by atoms with E-state index in [9.17, 15) is 14.4 Å². The number of amides is 2. The lowest BCUT2D eigenvalue weighted by atomic mass is 10.0. The molecule has 1 aliphatic carbocycles. The van der Waals surface area contributed by atoms with Crippen molar-refractivity contribution >= 4 is 23.5 Å². The predicted molar refractivity (Wildman–Crippen MR) is 88.7 cm³/mol. The molecule has 1 saturated heterocycles. The van der Waals surface area contributed by atoms with E-state index in [1.807, 2.05) is 4.90 Å². The van der Waals surface area contributed by atoms with Gasteiger partial charge in [-0.25, -0.2) is 0 Å². The van der Waals surface area contributed by atoms with E-state index >= 15 is 0 Å². The number of likely N-dealkylation sites (tertiary alicyclic amines) is 1. The van der Waals surface area contributed by atoms with Crippen molar-refractivity contribution < 1.29 is 19.5 Å². The highest BCUT2D eigenvalue weighted by Gasteiger charge is 2.33. The molecule has 2 aliphatic rings. The molecule has 0 unspecified atom stereocenters. The molecule has 6 heteroatoms. The molecule has 1 saturated carbocycles. The quantitative estimate of drug-likeness (QED) is 0.887. The summed E-state index contributed by atoms with van der Waals surface area (Å²) >= 11 is 0. The van der Waals surface area contributed by atoms with Gasteiger partial charge in [0.25, 0.3) is 5.91 Å². The summed E-state index contributed by atoms with van der Waals surface area (Å²) in [6.45, 7) is 1.62. The van der Waals surface area contributed by atoms with E-state index in [1.165, 1.54) is 0 Å². The lowest BCUT2D eigenvalue weighted by Crippen LogP contribution is -2.27. The zero-order valence-corrected chi connectivity index (χ0v) is 13.5. The van der Waals surface area contributed by atoms with Gasteiger partial charge in [-0.2, -0.15) is 0 Å². The number of carboxylic acids is 1. The minimum Gasteiger partial charge on any atom is -0.481 e. The summed E-state index contributed by atoms with van der Waals surface area (Å²) < 4.78 is 0. The molecule has 3 rings (SSSR count). The molecule has 1 aromatic rings. The number of hydrogen-bond acceptors (Lipinski definition) is 3. The molecule has 2 fully saturated rings. The number of hydrogen-bond donors (Lipinski definition) is 2. The first-order chi connectivity index (χ1) is 11.5. The lowest BCUT2D eigenvalue weighted by Gasteiger charge is -2.15. The van der Waals surface area contributed by atoms with Gasteiger partial charge in [-0.3, -0.25) is 14.4 Å². The van der Waals surface area contributed by atoms with Crippen LogP contribution in [0.5, 0.6) is 0 Å². The molecule has 24 heavy (non-hydrogen) atoms. The molecule has 6 nitrogen and oxygen atoms in total. The summed E-state index contributed by atoms with van der Waals surface area (Å²) in [4.78, 5) is 37.3. The van der Waals surface area contributed by atoms with Gasteiger partial charge < -0.3 is 15.3 Å². The Kier molecular flexibility index (Phi) is 4.83. The molecule has 1 aromatic carbocycles. The standard InChI is InChI=1S/C18H22N2O4/c21-16(13-3-4-14(11-13)18(23)24)19-15-7-5-12(6-8-15)17(22)20-9-1-2-10-20/h5-8,13-14H,1-4,9-11H2,(H,19,21)(H,23,24)/t13-,14+/m0/s1. The van der Waals surface area contributed by atoms with Gasteiger partial charge in [0.05, 0.1) is 5.92 Å².